The van der Waals surface area contributed by atoms with Crippen molar-refractivity contribution in [3.05, 3.63) is 95.1 Å². The van der Waals surface area contributed by atoms with Crippen molar-refractivity contribution in [3.8, 4) is 17.2 Å². The minimum Gasteiger partial charge on any atom is -0.334 e. The highest BCUT2D eigenvalue weighted by Gasteiger charge is 2.38. The van der Waals surface area contributed by atoms with Crippen LogP contribution < -0.4 is 5.32 Å². The summed E-state index contributed by atoms with van der Waals surface area (Å²) in [6.07, 6.45) is 2.48. The van der Waals surface area contributed by atoms with Gasteiger partial charge in [0.05, 0.1) is 17.6 Å². The first-order chi connectivity index (χ1) is 17.4. The fraction of sp³-hybridized carbons (Fsp3) is 0.290. The van der Waals surface area contributed by atoms with Crippen LogP contribution in [0.1, 0.15) is 73.0 Å². The first kappa shape index (κ1) is 25.1. The maximum absolute atomic E-state index is 13.5. The second-order valence-corrected chi connectivity index (χ2v) is 9.32. The Morgan fingerprint density at radius 3 is 2.50 bits per heavy atom. The number of nitrogens with zero attached hydrogens (tertiary/aromatic N) is 2. The van der Waals surface area contributed by atoms with Crippen LogP contribution in [0, 0.1) is 17.2 Å². The van der Waals surface area contributed by atoms with Crippen molar-refractivity contribution >= 4 is 17.4 Å². The molecule has 0 saturated heterocycles. The number of nitrogens with one attached hydrogen (secondary N) is 1. The summed E-state index contributed by atoms with van der Waals surface area (Å²) in [7, 11) is 0. The average molecular weight is 478 g/mol. The zero-order valence-electron chi connectivity index (χ0n) is 21.0. The molecule has 1 aliphatic rings. The zero-order chi connectivity index (χ0) is 25.7. The molecule has 5 nitrogen and oxygen atoms in total. The van der Waals surface area contributed by atoms with Crippen molar-refractivity contribution in [2.45, 2.75) is 52.1 Å². The number of nitriles is 1. The van der Waals surface area contributed by atoms with Gasteiger partial charge in [-0.2, -0.15) is 5.26 Å². The van der Waals surface area contributed by atoms with E-state index in [1.807, 2.05) is 73.7 Å². The predicted molar refractivity (Wildman–Crippen MR) is 143 cm³/mol. The average Bonchev–Trinajstić information content (AvgIpc) is 2.89. The number of aliphatic imine (C=N–C) groups is 1. The maximum atomic E-state index is 13.5. The van der Waals surface area contributed by atoms with Crippen LogP contribution in [0.3, 0.4) is 0 Å². The van der Waals surface area contributed by atoms with Crippen molar-refractivity contribution in [2.24, 2.45) is 10.9 Å². The monoisotopic (exact) mass is 477 g/mol. The summed E-state index contributed by atoms with van der Waals surface area (Å²) in [5, 5.41) is 12.5. The van der Waals surface area contributed by atoms with Gasteiger partial charge in [0.1, 0.15) is 6.17 Å². The molecule has 0 aromatic heterocycles. The van der Waals surface area contributed by atoms with Gasteiger partial charge >= 0.3 is 0 Å². The molecule has 4 rings (SSSR count). The second-order valence-electron chi connectivity index (χ2n) is 9.32. The third kappa shape index (κ3) is 5.28. The largest absolute Gasteiger partial charge is 0.334 e. The number of unbranched alkanes of at least 4 members (excludes halogenated alkanes) is 1. The minimum absolute atomic E-state index is 0.0133. The van der Waals surface area contributed by atoms with Crippen molar-refractivity contribution < 1.29 is 9.59 Å². The van der Waals surface area contributed by atoms with E-state index in [0.29, 0.717) is 11.1 Å². The predicted octanol–water partition coefficient (Wildman–Crippen LogP) is 6.28. The molecule has 1 aliphatic heterocycles. The third-order valence-electron chi connectivity index (χ3n) is 6.75. The molecule has 0 saturated carbocycles. The summed E-state index contributed by atoms with van der Waals surface area (Å²) in [4.78, 5) is 30.5. The Balaban J connectivity index is 1.84. The van der Waals surface area contributed by atoms with Crippen LogP contribution in [0.4, 0.5) is 0 Å². The summed E-state index contributed by atoms with van der Waals surface area (Å²) in [5.74, 6) is -0.818. The number of Topliss-reactive ketones (excluding diaryl/α,β-unsaturated/α-hetero) is 1. The van der Waals surface area contributed by atoms with Crippen LogP contribution in [0.2, 0.25) is 0 Å². The number of ketones is 1. The molecule has 0 aliphatic carbocycles. The molecule has 1 heterocycles. The smallest absolute Gasteiger partial charge is 0.231 e. The van der Waals surface area contributed by atoms with Crippen molar-refractivity contribution in [2.75, 3.05) is 0 Å². The lowest BCUT2D eigenvalue weighted by molar-refractivity contribution is -0.124. The molecule has 0 spiro atoms. The molecular weight excluding hydrogens is 446 g/mol. The van der Waals surface area contributed by atoms with E-state index in [-0.39, 0.29) is 23.8 Å². The van der Waals surface area contributed by atoms with E-state index in [4.69, 9.17) is 4.99 Å². The topological polar surface area (TPSA) is 82.3 Å². The molecule has 0 radical (unpaired) electrons. The van der Waals surface area contributed by atoms with Gasteiger partial charge in [0, 0.05) is 17.2 Å². The Morgan fingerprint density at radius 2 is 1.81 bits per heavy atom. The number of carbonyl (C=O) groups excluding carboxylic acids is 2. The summed E-state index contributed by atoms with van der Waals surface area (Å²) in [5.41, 5.74) is 5.83. The molecule has 2 unspecified atom stereocenters. The van der Waals surface area contributed by atoms with E-state index in [1.54, 1.807) is 13.0 Å². The highest BCUT2D eigenvalue weighted by molar-refractivity contribution is 6.07. The quantitative estimate of drug-likeness (QED) is 0.388. The molecule has 1 N–H and O–H groups in total. The molecule has 1 amide bonds. The van der Waals surface area contributed by atoms with E-state index < -0.39 is 5.92 Å². The van der Waals surface area contributed by atoms with Crippen molar-refractivity contribution in [1.82, 2.24) is 5.32 Å². The fourth-order valence-corrected chi connectivity index (χ4v) is 4.96. The van der Waals surface area contributed by atoms with Gasteiger partial charge < -0.3 is 5.32 Å². The Hall–Kier alpha value is -4.04. The normalized spacial score (nSPS) is 18.1. The standard InChI is InChI=1S/C31H31N3O2/c1-4-5-13-28-30(31(36)34-21(3)33-28)29(25-11-8-10-24(18-25)20(2)35)23-16-14-22(15-17-23)27-12-7-6-9-26(27)19-32/h6-12,14-18,21,29-30H,4-5,13H2,1-3H3,(H,34,36)/t21?,29-,30?/m0/s1. The molecule has 0 fully saturated rings. The second kappa shape index (κ2) is 11.1. The molecule has 182 valence electrons. The van der Waals surface area contributed by atoms with Gasteiger partial charge in [-0.1, -0.05) is 74.0 Å². The van der Waals surface area contributed by atoms with Crippen LogP contribution in [-0.2, 0) is 4.79 Å². The summed E-state index contributed by atoms with van der Waals surface area (Å²) in [6.45, 7) is 5.58. The van der Waals surface area contributed by atoms with Gasteiger partial charge in [0.15, 0.2) is 5.78 Å². The summed E-state index contributed by atoms with van der Waals surface area (Å²) in [6, 6.07) is 25.4. The van der Waals surface area contributed by atoms with Crippen LogP contribution in [-0.4, -0.2) is 23.6 Å². The zero-order valence-corrected chi connectivity index (χ0v) is 21.0. The van der Waals surface area contributed by atoms with Gasteiger partial charge in [-0.15, -0.1) is 0 Å². The SMILES string of the molecule is CCCCC1=NC(C)NC(=O)C1[C@@H](c1ccc(-c2ccccc2C#N)cc1)c1cccc(C(C)=O)c1. The fourth-order valence-electron chi connectivity index (χ4n) is 4.96. The van der Waals surface area contributed by atoms with E-state index in [0.717, 1.165) is 47.2 Å². The molecule has 0 bridgehead atoms. The van der Waals surface area contributed by atoms with Crippen LogP contribution in [0.25, 0.3) is 11.1 Å². The number of rotatable bonds is 8. The van der Waals surface area contributed by atoms with Gasteiger partial charge in [0.2, 0.25) is 5.91 Å². The number of hydrogen-bond donors (Lipinski definition) is 1. The Kier molecular flexibility index (Phi) is 7.75. The Morgan fingerprint density at radius 1 is 1.06 bits per heavy atom. The van der Waals surface area contributed by atoms with Crippen LogP contribution in [0.5, 0.6) is 0 Å². The highest BCUT2D eigenvalue weighted by Crippen LogP contribution is 2.37. The van der Waals surface area contributed by atoms with E-state index in [2.05, 4.69) is 18.3 Å². The maximum Gasteiger partial charge on any atom is 0.231 e. The Labute approximate surface area is 212 Å². The van der Waals surface area contributed by atoms with Crippen molar-refractivity contribution in [3.63, 3.8) is 0 Å². The minimum atomic E-state index is -0.466. The molecule has 5 heteroatoms. The molecule has 3 atom stereocenters. The first-order valence-electron chi connectivity index (χ1n) is 12.5. The lowest BCUT2D eigenvalue weighted by atomic mass is 9.75. The number of benzene rings is 3. The third-order valence-corrected chi connectivity index (χ3v) is 6.75. The van der Waals surface area contributed by atoms with Crippen LogP contribution in [0.15, 0.2) is 77.8 Å². The van der Waals surface area contributed by atoms with E-state index >= 15 is 0 Å². The highest BCUT2D eigenvalue weighted by atomic mass is 16.2. The van der Waals surface area contributed by atoms with E-state index in [1.165, 1.54) is 0 Å². The molecular formula is C31H31N3O2. The molecule has 3 aromatic carbocycles. The summed E-state index contributed by atoms with van der Waals surface area (Å²) >= 11 is 0. The number of carbonyl (C=O) groups is 2. The first-order valence-corrected chi connectivity index (χ1v) is 12.5. The molecule has 36 heavy (non-hydrogen) atoms. The van der Waals surface area contributed by atoms with Gasteiger partial charge in [-0.3, -0.25) is 14.6 Å². The van der Waals surface area contributed by atoms with Crippen molar-refractivity contribution in [1.29, 1.82) is 5.26 Å². The summed E-state index contributed by atoms with van der Waals surface area (Å²) < 4.78 is 0. The van der Waals surface area contributed by atoms with Gasteiger partial charge in [0.25, 0.3) is 0 Å². The van der Waals surface area contributed by atoms with Gasteiger partial charge in [-0.05, 0) is 61.1 Å². The number of amides is 1. The lowest BCUT2D eigenvalue weighted by Crippen LogP contribution is -2.47. The number of hydrogen-bond acceptors (Lipinski definition) is 4. The van der Waals surface area contributed by atoms with Crippen LogP contribution >= 0.6 is 0 Å². The van der Waals surface area contributed by atoms with Gasteiger partial charge in [-0.25, -0.2) is 0 Å². The van der Waals surface area contributed by atoms with E-state index in [9.17, 15) is 14.9 Å². The Bertz CT molecular complexity index is 1330. The lowest BCUT2D eigenvalue weighted by Gasteiger charge is -2.33. The molecule has 3 aromatic rings.